The molecule has 0 aromatic heterocycles. The lowest BCUT2D eigenvalue weighted by Crippen LogP contribution is -2.41. The number of anilines is 1. The quantitative estimate of drug-likeness (QED) is 0.725. The summed E-state index contributed by atoms with van der Waals surface area (Å²) in [5.41, 5.74) is 6.73. The van der Waals surface area contributed by atoms with E-state index in [-0.39, 0.29) is 34.8 Å². The van der Waals surface area contributed by atoms with Crippen LogP contribution in [0.4, 0.5) is 10.1 Å². The standard InChI is InChI=1S/C20H21ClFN3O4S/c1-12-15(19(23)26)3-2-4-18(12)24-20(27)13-7-9-25(10-8-13)30(28,29)14-5-6-17(22)16(21)11-14/h2-6,11,13H,7-10H2,1H3,(H2,23,26)(H,24,27). The zero-order chi connectivity index (χ0) is 22.1. The predicted octanol–water partition coefficient (Wildman–Crippen LogP) is 2.93. The molecule has 2 aromatic carbocycles. The largest absolute Gasteiger partial charge is 0.366 e. The number of nitrogens with one attached hydrogen (secondary N) is 1. The second-order valence-corrected chi connectivity index (χ2v) is 9.43. The highest BCUT2D eigenvalue weighted by Crippen LogP contribution is 2.28. The van der Waals surface area contributed by atoms with Gasteiger partial charge in [-0.1, -0.05) is 17.7 Å². The topological polar surface area (TPSA) is 110 Å². The van der Waals surface area contributed by atoms with Crippen molar-refractivity contribution in [3.63, 3.8) is 0 Å². The molecule has 1 aliphatic rings. The van der Waals surface area contributed by atoms with Gasteiger partial charge in [0.1, 0.15) is 5.82 Å². The van der Waals surface area contributed by atoms with E-state index in [2.05, 4.69) is 5.32 Å². The van der Waals surface area contributed by atoms with E-state index in [1.807, 2.05) is 0 Å². The third kappa shape index (κ3) is 4.48. The lowest BCUT2D eigenvalue weighted by molar-refractivity contribution is -0.120. The minimum absolute atomic E-state index is 0.0873. The van der Waals surface area contributed by atoms with Gasteiger partial charge in [0, 0.05) is 30.3 Å². The number of halogens is 2. The van der Waals surface area contributed by atoms with Crippen LogP contribution in [0.3, 0.4) is 0 Å². The van der Waals surface area contributed by atoms with Crippen LogP contribution < -0.4 is 11.1 Å². The molecule has 3 rings (SSSR count). The first kappa shape index (κ1) is 22.2. The summed E-state index contributed by atoms with van der Waals surface area (Å²) >= 11 is 5.70. The van der Waals surface area contributed by atoms with Crippen LogP contribution in [0.2, 0.25) is 5.02 Å². The third-order valence-electron chi connectivity index (χ3n) is 5.21. The van der Waals surface area contributed by atoms with Crippen molar-refractivity contribution in [2.75, 3.05) is 18.4 Å². The Morgan fingerprint density at radius 1 is 1.20 bits per heavy atom. The zero-order valence-corrected chi connectivity index (χ0v) is 17.8. The number of nitrogens with zero attached hydrogens (tertiary/aromatic N) is 1. The van der Waals surface area contributed by atoms with Crippen molar-refractivity contribution in [1.29, 1.82) is 0 Å². The van der Waals surface area contributed by atoms with Gasteiger partial charge in [-0.3, -0.25) is 9.59 Å². The van der Waals surface area contributed by atoms with E-state index in [0.717, 1.165) is 12.1 Å². The normalized spacial score (nSPS) is 15.7. The molecule has 160 valence electrons. The van der Waals surface area contributed by atoms with Crippen LogP contribution in [-0.2, 0) is 14.8 Å². The highest BCUT2D eigenvalue weighted by atomic mass is 35.5. The highest BCUT2D eigenvalue weighted by molar-refractivity contribution is 7.89. The first-order chi connectivity index (χ1) is 14.1. The SMILES string of the molecule is Cc1c(NC(=O)C2CCN(S(=O)(=O)c3ccc(F)c(Cl)c3)CC2)cccc1C(N)=O. The monoisotopic (exact) mass is 453 g/mol. The summed E-state index contributed by atoms with van der Waals surface area (Å²) in [5, 5.41) is 2.54. The Labute approximate surface area is 179 Å². The molecule has 0 saturated carbocycles. The summed E-state index contributed by atoms with van der Waals surface area (Å²) in [5.74, 6) is -1.91. The molecule has 3 N–H and O–H groups in total. The lowest BCUT2D eigenvalue weighted by Gasteiger charge is -2.30. The predicted molar refractivity (Wildman–Crippen MR) is 111 cm³/mol. The first-order valence-corrected chi connectivity index (χ1v) is 11.1. The fraction of sp³-hybridized carbons (Fsp3) is 0.300. The fourth-order valence-corrected chi connectivity index (χ4v) is 5.16. The van der Waals surface area contributed by atoms with Gasteiger partial charge in [-0.2, -0.15) is 4.31 Å². The second kappa shape index (κ2) is 8.71. The number of sulfonamides is 1. The molecule has 30 heavy (non-hydrogen) atoms. The Morgan fingerprint density at radius 3 is 2.47 bits per heavy atom. The maximum atomic E-state index is 13.3. The molecule has 0 aliphatic carbocycles. The van der Waals surface area contributed by atoms with Crippen molar-refractivity contribution in [1.82, 2.24) is 4.31 Å². The van der Waals surface area contributed by atoms with E-state index in [4.69, 9.17) is 17.3 Å². The molecule has 10 heteroatoms. The number of carbonyl (C=O) groups excluding carboxylic acids is 2. The molecule has 0 radical (unpaired) electrons. The molecule has 2 amide bonds. The smallest absolute Gasteiger partial charge is 0.249 e. The molecule has 0 atom stereocenters. The first-order valence-electron chi connectivity index (χ1n) is 9.26. The molecule has 7 nitrogen and oxygen atoms in total. The number of piperidine rings is 1. The Bertz CT molecular complexity index is 1100. The second-order valence-electron chi connectivity index (χ2n) is 7.09. The Morgan fingerprint density at radius 2 is 1.87 bits per heavy atom. The summed E-state index contributed by atoms with van der Waals surface area (Å²) in [4.78, 5) is 24.0. The fourth-order valence-electron chi connectivity index (χ4n) is 3.42. The number of rotatable bonds is 5. The molecule has 1 saturated heterocycles. The Balaban J connectivity index is 1.67. The van der Waals surface area contributed by atoms with Crippen LogP contribution >= 0.6 is 11.6 Å². The Hall–Kier alpha value is -2.49. The summed E-state index contributed by atoms with van der Waals surface area (Å²) in [6, 6.07) is 8.16. The van der Waals surface area contributed by atoms with Crippen molar-refractivity contribution in [2.45, 2.75) is 24.7 Å². The number of nitrogens with two attached hydrogens (primary N) is 1. The van der Waals surface area contributed by atoms with E-state index in [9.17, 15) is 22.4 Å². The molecule has 1 fully saturated rings. The third-order valence-corrected chi connectivity index (χ3v) is 7.39. The average molecular weight is 454 g/mol. The number of hydrogen-bond donors (Lipinski definition) is 2. The van der Waals surface area contributed by atoms with Gasteiger partial charge in [-0.25, -0.2) is 12.8 Å². The summed E-state index contributed by atoms with van der Waals surface area (Å²) in [6.07, 6.45) is 0.656. The molecule has 0 bridgehead atoms. The number of amides is 2. The van der Waals surface area contributed by atoms with Gasteiger partial charge in [0.15, 0.2) is 0 Å². The summed E-state index contributed by atoms with van der Waals surface area (Å²) in [7, 11) is -3.83. The number of primary amides is 1. The van der Waals surface area contributed by atoms with Crippen LogP contribution in [-0.4, -0.2) is 37.6 Å². The van der Waals surface area contributed by atoms with Crippen molar-refractivity contribution in [2.24, 2.45) is 11.7 Å². The maximum absolute atomic E-state index is 13.3. The molecular weight excluding hydrogens is 433 g/mol. The van der Waals surface area contributed by atoms with Gasteiger partial charge in [-0.05, 0) is 55.7 Å². The minimum Gasteiger partial charge on any atom is -0.366 e. The maximum Gasteiger partial charge on any atom is 0.249 e. The van der Waals surface area contributed by atoms with E-state index in [1.54, 1.807) is 25.1 Å². The van der Waals surface area contributed by atoms with Crippen LogP contribution in [0.1, 0.15) is 28.8 Å². The summed E-state index contributed by atoms with van der Waals surface area (Å²) < 4.78 is 40.1. The van der Waals surface area contributed by atoms with E-state index in [1.165, 1.54) is 10.4 Å². The van der Waals surface area contributed by atoms with Crippen molar-refractivity contribution >= 4 is 39.1 Å². The van der Waals surface area contributed by atoms with Crippen molar-refractivity contribution in [3.8, 4) is 0 Å². The van der Waals surface area contributed by atoms with Gasteiger partial charge in [0.05, 0.1) is 9.92 Å². The molecular formula is C20H21ClFN3O4S. The summed E-state index contributed by atoms with van der Waals surface area (Å²) in [6.45, 7) is 1.99. The van der Waals surface area contributed by atoms with Gasteiger partial charge in [0.25, 0.3) is 0 Å². The molecule has 2 aromatic rings. The average Bonchev–Trinajstić information content (AvgIpc) is 2.71. The van der Waals surface area contributed by atoms with Crippen LogP contribution in [0.25, 0.3) is 0 Å². The molecule has 0 unspecified atom stereocenters. The van der Waals surface area contributed by atoms with Crippen molar-refractivity contribution < 1.29 is 22.4 Å². The zero-order valence-electron chi connectivity index (χ0n) is 16.2. The van der Waals surface area contributed by atoms with E-state index < -0.39 is 21.7 Å². The van der Waals surface area contributed by atoms with Crippen LogP contribution in [0.5, 0.6) is 0 Å². The van der Waals surface area contributed by atoms with Gasteiger partial charge < -0.3 is 11.1 Å². The highest BCUT2D eigenvalue weighted by Gasteiger charge is 2.32. The van der Waals surface area contributed by atoms with Gasteiger partial charge >= 0.3 is 0 Å². The number of carbonyl (C=O) groups is 2. The van der Waals surface area contributed by atoms with E-state index >= 15 is 0 Å². The minimum atomic E-state index is -3.83. The number of hydrogen-bond acceptors (Lipinski definition) is 4. The van der Waals surface area contributed by atoms with Crippen LogP contribution in [0.15, 0.2) is 41.3 Å². The molecule has 0 spiro atoms. The molecule has 1 aliphatic heterocycles. The van der Waals surface area contributed by atoms with Crippen LogP contribution in [0, 0.1) is 18.7 Å². The van der Waals surface area contributed by atoms with Crippen molar-refractivity contribution in [3.05, 3.63) is 58.4 Å². The molecule has 1 heterocycles. The van der Waals surface area contributed by atoms with E-state index in [0.29, 0.717) is 29.7 Å². The van der Waals surface area contributed by atoms with Gasteiger partial charge in [0.2, 0.25) is 21.8 Å². The lowest BCUT2D eigenvalue weighted by atomic mass is 9.96. The van der Waals surface area contributed by atoms with Gasteiger partial charge in [-0.15, -0.1) is 0 Å². The number of benzene rings is 2. The Kier molecular flexibility index (Phi) is 6.44.